The first-order valence-electron chi connectivity index (χ1n) is 14.3. The Kier molecular flexibility index (Phi) is 8.31. The monoisotopic (exact) mass is 580 g/mol. The van der Waals surface area contributed by atoms with E-state index < -0.39 is 11.6 Å². The Labute approximate surface area is 248 Å². The number of nitrogens with zero attached hydrogens (tertiary/aromatic N) is 1. The Balaban J connectivity index is 1.30. The zero-order valence-electron chi connectivity index (χ0n) is 23.3. The molecule has 2 unspecified atom stereocenters. The molecule has 0 aromatic heterocycles. The second-order valence-corrected chi connectivity index (χ2v) is 10.7. The number of benzene rings is 4. The summed E-state index contributed by atoms with van der Waals surface area (Å²) in [4.78, 5) is 13.5. The van der Waals surface area contributed by atoms with E-state index >= 15 is 0 Å². The van der Waals surface area contributed by atoms with E-state index in [4.69, 9.17) is 9.47 Å². The van der Waals surface area contributed by atoms with Crippen LogP contribution in [0.5, 0.6) is 11.5 Å². The Morgan fingerprint density at radius 3 is 2.00 bits per heavy atom. The first kappa shape index (κ1) is 28.3. The molecule has 4 aromatic rings. The number of nitrogens with one attached hydrogen (secondary N) is 3. The molecule has 218 valence electrons. The highest BCUT2D eigenvalue weighted by Crippen LogP contribution is 2.36. The van der Waals surface area contributed by atoms with Crippen LogP contribution in [0.3, 0.4) is 0 Å². The maximum absolute atomic E-state index is 14.2. The van der Waals surface area contributed by atoms with E-state index in [0.717, 1.165) is 55.7 Å². The maximum atomic E-state index is 14.2. The van der Waals surface area contributed by atoms with Gasteiger partial charge < -0.3 is 25.4 Å². The predicted octanol–water partition coefficient (Wildman–Crippen LogP) is 5.90. The number of anilines is 1. The molecular weight excluding hydrogens is 550 g/mol. The summed E-state index contributed by atoms with van der Waals surface area (Å²) in [6.45, 7) is 3.15. The fourth-order valence-corrected chi connectivity index (χ4v) is 5.34. The summed E-state index contributed by atoms with van der Waals surface area (Å²) in [5, 5.41) is 18.7. The van der Waals surface area contributed by atoms with Crippen LogP contribution in [0.2, 0.25) is 0 Å². The summed E-state index contributed by atoms with van der Waals surface area (Å²) in [5.74, 6) is -1.14. The van der Waals surface area contributed by atoms with Crippen LogP contribution < -0.4 is 25.4 Å². The number of amides is 1. The minimum absolute atomic E-state index is 0.0352. The van der Waals surface area contributed by atoms with Crippen molar-refractivity contribution in [1.29, 1.82) is 5.26 Å². The van der Waals surface area contributed by atoms with Gasteiger partial charge in [-0.25, -0.2) is 8.78 Å². The molecule has 4 aromatic carbocycles. The smallest absolute Gasteiger partial charge is 0.255 e. The van der Waals surface area contributed by atoms with Crippen molar-refractivity contribution in [2.24, 2.45) is 0 Å². The minimum Gasteiger partial charge on any atom is -0.488 e. The lowest BCUT2D eigenvalue weighted by atomic mass is 10.0. The number of rotatable bonds is 8. The molecule has 2 fully saturated rings. The van der Waals surface area contributed by atoms with Gasteiger partial charge in [0, 0.05) is 35.5 Å². The zero-order valence-corrected chi connectivity index (χ0v) is 23.3. The Bertz CT molecular complexity index is 1670. The van der Waals surface area contributed by atoms with E-state index in [0.29, 0.717) is 46.0 Å². The van der Waals surface area contributed by atoms with Crippen LogP contribution >= 0.6 is 0 Å². The lowest BCUT2D eigenvalue weighted by Crippen LogP contribution is -2.20. The molecule has 3 N–H and O–H groups in total. The number of ether oxygens (including phenoxy) is 2. The highest BCUT2D eigenvalue weighted by atomic mass is 19.2. The van der Waals surface area contributed by atoms with Gasteiger partial charge in [-0.1, -0.05) is 18.2 Å². The first-order chi connectivity index (χ1) is 21.0. The molecule has 2 heterocycles. The van der Waals surface area contributed by atoms with Crippen molar-refractivity contribution in [2.75, 3.05) is 31.5 Å². The van der Waals surface area contributed by atoms with Crippen molar-refractivity contribution in [3.63, 3.8) is 0 Å². The van der Waals surface area contributed by atoms with Gasteiger partial charge in [0.2, 0.25) is 0 Å². The summed E-state index contributed by atoms with van der Waals surface area (Å²) < 4.78 is 40.4. The van der Waals surface area contributed by atoms with Crippen LogP contribution in [-0.2, 0) is 0 Å². The third-order valence-corrected chi connectivity index (χ3v) is 7.65. The van der Waals surface area contributed by atoms with Gasteiger partial charge in [-0.2, -0.15) is 5.26 Å². The second-order valence-electron chi connectivity index (χ2n) is 10.7. The van der Waals surface area contributed by atoms with Gasteiger partial charge in [0.25, 0.3) is 5.91 Å². The van der Waals surface area contributed by atoms with Gasteiger partial charge in [0.15, 0.2) is 11.6 Å². The number of hydrogen-bond donors (Lipinski definition) is 3. The molecular formula is C34H30F2N4O3. The average Bonchev–Trinajstić information content (AvgIpc) is 3.74. The number of nitriles is 1. The van der Waals surface area contributed by atoms with Crippen LogP contribution in [0.4, 0.5) is 14.5 Å². The van der Waals surface area contributed by atoms with Gasteiger partial charge >= 0.3 is 0 Å². The van der Waals surface area contributed by atoms with Crippen molar-refractivity contribution in [1.82, 2.24) is 10.6 Å². The molecule has 1 amide bonds. The largest absolute Gasteiger partial charge is 0.488 e. The van der Waals surface area contributed by atoms with Crippen molar-refractivity contribution < 1.29 is 23.0 Å². The Hall–Kier alpha value is -4.78. The third kappa shape index (κ3) is 6.51. The van der Waals surface area contributed by atoms with E-state index in [-0.39, 0.29) is 18.1 Å². The number of carbonyl (C=O) groups is 1. The molecule has 7 nitrogen and oxygen atoms in total. The number of carbonyl (C=O) groups excluding carboxylic acids is 1. The minimum atomic E-state index is -0.980. The van der Waals surface area contributed by atoms with Crippen molar-refractivity contribution in [3.8, 4) is 39.8 Å². The molecule has 43 heavy (non-hydrogen) atoms. The number of hydrogen-bond acceptors (Lipinski definition) is 6. The Morgan fingerprint density at radius 1 is 0.767 bits per heavy atom. The van der Waals surface area contributed by atoms with Crippen LogP contribution in [0, 0.1) is 23.0 Å². The summed E-state index contributed by atoms with van der Waals surface area (Å²) in [6, 6.07) is 23.4. The standard InChI is InChI=1S/C34H30F2N4O3/c35-30-8-5-23(16-31(30)36)28-15-24(6-9-32(28)42-26-11-13-38-19-26)34(41)40-25-7-10-33(43-27-12-14-39-20-27)29(17-25)22-3-1-21(18-37)2-4-22/h1-10,15-17,26-27,38-39H,11-14,19-20H2,(H,40,41). The molecule has 2 aliphatic rings. The SMILES string of the molecule is N#Cc1ccc(-c2cc(NC(=O)c3ccc(OC4CCNC4)c(-c4ccc(F)c(F)c4)c3)ccc2OC2CCNC2)cc1. The molecule has 2 saturated heterocycles. The molecule has 0 spiro atoms. The normalized spacial score (nSPS) is 17.8. The fraction of sp³-hybridized carbons (Fsp3) is 0.235. The summed E-state index contributed by atoms with van der Waals surface area (Å²) in [7, 11) is 0. The second kappa shape index (κ2) is 12.6. The van der Waals surface area contributed by atoms with E-state index in [2.05, 4.69) is 22.0 Å². The van der Waals surface area contributed by atoms with Gasteiger partial charge in [-0.3, -0.25) is 4.79 Å². The van der Waals surface area contributed by atoms with Gasteiger partial charge in [-0.05, 0) is 97.7 Å². The fourth-order valence-electron chi connectivity index (χ4n) is 5.34. The van der Waals surface area contributed by atoms with Crippen molar-refractivity contribution in [3.05, 3.63) is 102 Å². The predicted molar refractivity (Wildman–Crippen MR) is 160 cm³/mol. The van der Waals surface area contributed by atoms with Crippen LogP contribution in [-0.4, -0.2) is 44.3 Å². The van der Waals surface area contributed by atoms with Gasteiger partial charge in [0.1, 0.15) is 23.7 Å². The molecule has 6 rings (SSSR count). The van der Waals surface area contributed by atoms with E-state index in [1.165, 1.54) is 6.07 Å². The molecule has 0 radical (unpaired) electrons. The van der Waals surface area contributed by atoms with E-state index in [1.54, 1.807) is 36.4 Å². The topological polar surface area (TPSA) is 95.4 Å². The quantitative estimate of drug-likeness (QED) is 0.240. The molecule has 2 atom stereocenters. The third-order valence-electron chi connectivity index (χ3n) is 7.65. The summed E-state index contributed by atoms with van der Waals surface area (Å²) >= 11 is 0. The van der Waals surface area contributed by atoms with Crippen LogP contribution in [0.1, 0.15) is 28.8 Å². The molecule has 0 saturated carbocycles. The van der Waals surface area contributed by atoms with Gasteiger partial charge in [0.05, 0.1) is 11.6 Å². The lowest BCUT2D eigenvalue weighted by molar-refractivity contribution is 0.102. The lowest BCUT2D eigenvalue weighted by Gasteiger charge is -2.19. The van der Waals surface area contributed by atoms with Crippen molar-refractivity contribution >= 4 is 11.6 Å². The van der Waals surface area contributed by atoms with Gasteiger partial charge in [-0.15, -0.1) is 0 Å². The molecule has 9 heteroatoms. The summed E-state index contributed by atoms with van der Waals surface area (Å²) in [5.41, 5.74) is 3.95. The first-order valence-corrected chi connectivity index (χ1v) is 14.3. The maximum Gasteiger partial charge on any atom is 0.255 e. The van der Waals surface area contributed by atoms with Crippen molar-refractivity contribution in [2.45, 2.75) is 25.0 Å². The molecule has 0 aliphatic carbocycles. The summed E-state index contributed by atoms with van der Waals surface area (Å²) in [6.07, 6.45) is 1.68. The Morgan fingerprint density at radius 2 is 1.40 bits per heavy atom. The zero-order chi connectivity index (χ0) is 29.8. The highest BCUT2D eigenvalue weighted by Gasteiger charge is 2.21. The van der Waals surface area contributed by atoms with E-state index in [9.17, 15) is 18.8 Å². The number of halogens is 2. The van der Waals surface area contributed by atoms with E-state index in [1.807, 2.05) is 24.3 Å². The van der Waals surface area contributed by atoms with Crippen LogP contribution in [0.15, 0.2) is 78.9 Å². The highest BCUT2D eigenvalue weighted by molar-refractivity contribution is 6.05. The molecule has 0 bridgehead atoms. The molecule has 2 aliphatic heterocycles. The van der Waals surface area contributed by atoms with Crippen LogP contribution in [0.25, 0.3) is 22.3 Å². The average molecular weight is 581 g/mol.